The molecule has 0 bridgehead atoms. The predicted molar refractivity (Wildman–Crippen MR) is 81.0 cm³/mol. The van der Waals surface area contributed by atoms with Gasteiger partial charge in [0.15, 0.2) is 11.6 Å². The maximum absolute atomic E-state index is 14.1. The number of aryl methyl sites for hydroxylation is 2. The van der Waals surface area contributed by atoms with E-state index in [2.05, 4.69) is 0 Å². The zero-order chi connectivity index (χ0) is 15.0. The Labute approximate surface area is 122 Å². The van der Waals surface area contributed by atoms with Crippen molar-refractivity contribution in [2.75, 3.05) is 11.5 Å². The van der Waals surface area contributed by atoms with E-state index in [1.165, 1.54) is 6.07 Å². The third-order valence-corrected chi connectivity index (χ3v) is 3.58. The highest BCUT2D eigenvalue weighted by molar-refractivity contribution is 6.33. The van der Waals surface area contributed by atoms with Gasteiger partial charge in [0.05, 0.1) is 11.4 Å². The van der Waals surface area contributed by atoms with E-state index >= 15 is 0 Å². The molecule has 2 aromatic carbocycles. The van der Waals surface area contributed by atoms with Crippen LogP contribution in [0.1, 0.15) is 16.7 Å². The Hall–Kier alpha value is -1.94. The van der Waals surface area contributed by atoms with Gasteiger partial charge in [-0.3, -0.25) is 0 Å². The SMILES string of the molecule is Cc1cc(C)c(C)c(Oc2c(N)cc(N)c(Cl)c2F)c1. The Morgan fingerprint density at radius 3 is 2.35 bits per heavy atom. The molecule has 0 unspecified atom stereocenters. The normalized spacial score (nSPS) is 10.7. The number of anilines is 2. The third-order valence-electron chi connectivity index (χ3n) is 3.19. The second-order valence-corrected chi connectivity index (χ2v) is 5.20. The topological polar surface area (TPSA) is 61.3 Å². The van der Waals surface area contributed by atoms with Gasteiger partial charge in [-0.15, -0.1) is 0 Å². The monoisotopic (exact) mass is 294 g/mol. The molecule has 0 aliphatic carbocycles. The van der Waals surface area contributed by atoms with E-state index < -0.39 is 5.82 Å². The van der Waals surface area contributed by atoms with Crippen LogP contribution in [0.25, 0.3) is 0 Å². The molecule has 20 heavy (non-hydrogen) atoms. The minimum Gasteiger partial charge on any atom is -0.452 e. The van der Waals surface area contributed by atoms with E-state index in [-0.39, 0.29) is 22.1 Å². The molecule has 0 atom stereocenters. The molecule has 0 aliphatic heterocycles. The summed E-state index contributed by atoms with van der Waals surface area (Å²) in [5.41, 5.74) is 14.5. The first-order valence-electron chi connectivity index (χ1n) is 6.10. The summed E-state index contributed by atoms with van der Waals surface area (Å²) in [6, 6.07) is 5.24. The van der Waals surface area contributed by atoms with Crippen LogP contribution in [0.15, 0.2) is 18.2 Å². The van der Waals surface area contributed by atoms with Crippen LogP contribution in [0, 0.1) is 26.6 Å². The summed E-state index contributed by atoms with van der Waals surface area (Å²) in [6.45, 7) is 5.80. The molecule has 0 amide bonds. The van der Waals surface area contributed by atoms with Gasteiger partial charge in [0.2, 0.25) is 0 Å². The van der Waals surface area contributed by atoms with Gasteiger partial charge < -0.3 is 16.2 Å². The molecule has 0 saturated heterocycles. The lowest BCUT2D eigenvalue weighted by Crippen LogP contribution is -2.01. The van der Waals surface area contributed by atoms with E-state index in [0.717, 1.165) is 16.7 Å². The third kappa shape index (κ3) is 2.51. The number of hydrogen-bond acceptors (Lipinski definition) is 3. The van der Waals surface area contributed by atoms with Crippen LogP contribution >= 0.6 is 11.6 Å². The molecule has 3 nitrogen and oxygen atoms in total. The second kappa shape index (κ2) is 5.21. The molecule has 4 N–H and O–H groups in total. The van der Waals surface area contributed by atoms with E-state index in [0.29, 0.717) is 5.75 Å². The molecule has 0 heterocycles. The Morgan fingerprint density at radius 1 is 1.05 bits per heavy atom. The molecule has 5 heteroatoms. The number of ether oxygens (including phenoxy) is 1. The van der Waals surface area contributed by atoms with Crippen molar-refractivity contribution in [3.05, 3.63) is 45.7 Å². The summed E-state index contributed by atoms with van der Waals surface area (Å²) in [5.74, 6) is -0.297. The van der Waals surface area contributed by atoms with Gasteiger partial charge >= 0.3 is 0 Å². The van der Waals surface area contributed by atoms with Crippen LogP contribution in [0.5, 0.6) is 11.5 Å². The largest absolute Gasteiger partial charge is 0.452 e. The highest BCUT2D eigenvalue weighted by atomic mass is 35.5. The summed E-state index contributed by atoms with van der Waals surface area (Å²) < 4.78 is 19.8. The molecule has 0 fully saturated rings. The van der Waals surface area contributed by atoms with E-state index in [4.69, 9.17) is 27.8 Å². The number of benzene rings is 2. The molecule has 0 spiro atoms. The Morgan fingerprint density at radius 2 is 1.70 bits per heavy atom. The molecule has 0 aromatic heterocycles. The van der Waals surface area contributed by atoms with Gasteiger partial charge in [0.1, 0.15) is 10.8 Å². The van der Waals surface area contributed by atoms with Crippen molar-refractivity contribution >= 4 is 23.0 Å². The minimum atomic E-state index is -0.747. The molecule has 0 saturated carbocycles. The molecule has 2 aromatic rings. The van der Waals surface area contributed by atoms with E-state index in [1.807, 2.05) is 32.9 Å². The number of hydrogen-bond donors (Lipinski definition) is 2. The van der Waals surface area contributed by atoms with Crippen LogP contribution in [0.2, 0.25) is 5.02 Å². The first kappa shape index (κ1) is 14.5. The highest BCUT2D eigenvalue weighted by Gasteiger charge is 2.17. The maximum Gasteiger partial charge on any atom is 0.188 e. The standard InChI is InChI=1S/C15H16ClFN2O/c1-7-4-8(2)9(3)12(5-7)20-15-11(19)6-10(18)13(16)14(15)17/h4-6H,18-19H2,1-3H3. The first-order chi connectivity index (χ1) is 9.31. The average molecular weight is 295 g/mol. The van der Waals surface area contributed by atoms with Crippen LogP contribution in [0.3, 0.4) is 0 Å². The van der Waals surface area contributed by atoms with Crippen molar-refractivity contribution in [1.82, 2.24) is 0 Å². The number of halogens is 2. The molecule has 0 radical (unpaired) electrons. The Balaban J connectivity index is 2.54. The summed E-state index contributed by atoms with van der Waals surface area (Å²) in [7, 11) is 0. The zero-order valence-corrected chi connectivity index (χ0v) is 12.3. The van der Waals surface area contributed by atoms with Gasteiger partial charge in [0.25, 0.3) is 0 Å². The van der Waals surface area contributed by atoms with Crippen molar-refractivity contribution in [2.45, 2.75) is 20.8 Å². The molecule has 0 aliphatic rings. The summed E-state index contributed by atoms with van der Waals surface area (Å²) in [4.78, 5) is 0. The predicted octanol–water partition coefficient (Wildman–Crippen LogP) is 4.36. The van der Waals surface area contributed by atoms with Crippen molar-refractivity contribution in [3.63, 3.8) is 0 Å². The van der Waals surface area contributed by atoms with Gasteiger partial charge in [-0.2, -0.15) is 0 Å². The second-order valence-electron chi connectivity index (χ2n) is 4.82. The zero-order valence-electron chi connectivity index (χ0n) is 11.6. The maximum atomic E-state index is 14.1. The average Bonchev–Trinajstić information content (AvgIpc) is 2.37. The van der Waals surface area contributed by atoms with Crippen LogP contribution < -0.4 is 16.2 Å². The lowest BCUT2D eigenvalue weighted by Gasteiger charge is -2.15. The quantitative estimate of drug-likeness (QED) is 0.809. The summed E-state index contributed by atoms with van der Waals surface area (Å²) in [5, 5.41) is -0.184. The molecule has 2 rings (SSSR count). The molecule has 106 valence electrons. The molecular weight excluding hydrogens is 279 g/mol. The number of rotatable bonds is 2. The Kier molecular flexibility index (Phi) is 3.77. The van der Waals surface area contributed by atoms with Crippen molar-refractivity contribution in [3.8, 4) is 11.5 Å². The highest BCUT2D eigenvalue weighted by Crippen LogP contribution is 2.39. The minimum absolute atomic E-state index is 0.0890. The van der Waals surface area contributed by atoms with Crippen molar-refractivity contribution in [1.29, 1.82) is 0 Å². The lowest BCUT2D eigenvalue weighted by atomic mass is 10.1. The Bertz CT molecular complexity index is 686. The van der Waals surface area contributed by atoms with Crippen LogP contribution in [-0.4, -0.2) is 0 Å². The van der Waals surface area contributed by atoms with E-state index in [1.54, 1.807) is 0 Å². The van der Waals surface area contributed by atoms with Gasteiger partial charge in [-0.05, 0) is 49.6 Å². The van der Waals surface area contributed by atoms with E-state index in [9.17, 15) is 4.39 Å². The fraction of sp³-hybridized carbons (Fsp3) is 0.200. The van der Waals surface area contributed by atoms with Gasteiger partial charge in [-0.1, -0.05) is 17.7 Å². The van der Waals surface area contributed by atoms with Gasteiger partial charge in [0, 0.05) is 0 Å². The number of nitrogens with two attached hydrogens (primary N) is 2. The molecular formula is C15H16ClFN2O. The number of nitrogen functional groups attached to an aromatic ring is 2. The summed E-state index contributed by atoms with van der Waals surface area (Å²) in [6.07, 6.45) is 0. The fourth-order valence-electron chi connectivity index (χ4n) is 1.97. The van der Waals surface area contributed by atoms with Crippen LogP contribution in [-0.2, 0) is 0 Å². The van der Waals surface area contributed by atoms with Crippen molar-refractivity contribution in [2.24, 2.45) is 0 Å². The lowest BCUT2D eigenvalue weighted by molar-refractivity contribution is 0.442. The summed E-state index contributed by atoms with van der Waals surface area (Å²) >= 11 is 5.79. The smallest absolute Gasteiger partial charge is 0.188 e. The van der Waals surface area contributed by atoms with Gasteiger partial charge in [-0.25, -0.2) is 4.39 Å². The van der Waals surface area contributed by atoms with Crippen molar-refractivity contribution < 1.29 is 9.13 Å². The fourth-order valence-corrected chi connectivity index (χ4v) is 2.11. The van der Waals surface area contributed by atoms with Crippen LogP contribution in [0.4, 0.5) is 15.8 Å². The first-order valence-corrected chi connectivity index (χ1v) is 6.47.